The van der Waals surface area contributed by atoms with Crippen molar-refractivity contribution in [3.8, 4) is 11.5 Å². The highest BCUT2D eigenvalue weighted by Gasteiger charge is 2.39. The second-order valence-corrected chi connectivity index (χ2v) is 10.5. The first-order valence-electron chi connectivity index (χ1n) is 13.1. The maximum absolute atomic E-state index is 14.4. The van der Waals surface area contributed by atoms with E-state index in [1.165, 1.54) is 50.7 Å². The molecule has 0 spiro atoms. The molecule has 3 fully saturated rings. The standard InChI is InChI=1S/C29H38F2O3/c1-3-5-16-33-25-14-15-26(28(31)27(25)30)34-29(32)21-10-8-20(9-11-21)23-13-12-22-17-19(4-2)6-7-24(22)18-23/h3-5,14-15,19-24H,2,6-13,16-18H2,1H3/b5-3+. The van der Waals surface area contributed by atoms with Crippen LogP contribution in [0.25, 0.3) is 0 Å². The SMILES string of the molecule is C=CC1CCC2CC(C3CCC(C(=O)Oc4ccc(OC/C=C/C)c(F)c4F)CC3)CCC2C1. The summed E-state index contributed by atoms with van der Waals surface area (Å²) >= 11 is 0. The molecule has 0 radical (unpaired) electrons. The van der Waals surface area contributed by atoms with Crippen LogP contribution in [0.15, 0.2) is 36.9 Å². The Morgan fingerprint density at radius 1 is 0.912 bits per heavy atom. The maximum atomic E-state index is 14.4. The van der Waals surface area contributed by atoms with Crippen LogP contribution in [0.5, 0.6) is 11.5 Å². The highest BCUT2D eigenvalue weighted by atomic mass is 19.2. The van der Waals surface area contributed by atoms with E-state index in [4.69, 9.17) is 9.47 Å². The number of esters is 1. The van der Waals surface area contributed by atoms with E-state index in [0.717, 1.165) is 43.4 Å². The van der Waals surface area contributed by atoms with Gasteiger partial charge >= 0.3 is 5.97 Å². The van der Waals surface area contributed by atoms with E-state index in [1.807, 2.05) is 6.92 Å². The van der Waals surface area contributed by atoms with E-state index in [0.29, 0.717) is 11.8 Å². The van der Waals surface area contributed by atoms with Crippen molar-refractivity contribution in [2.45, 2.75) is 71.1 Å². The van der Waals surface area contributed by atoms with Gasteiger partial charge in [-0.3, -0.25) is 4.79 Å². The van der Waals surface area contributed by atoms with E-state index >= 15 is 0 Å². The minimum absolute atomic E-state index is 0.146. The Bertz CT molecular complexity index is 888. The van der Waals surface area contributed by atoms with Gasteiger partial charge in [-0.15, -0.1) is 6.58 Å². The number of halogens is 2. The number of hydrogen-bond acceptors (Lipinski definition) is 3. The van der Waals surface area contributed by atoms with Gasteiger partial charge in [-0.1, -0.05) is 18.2 Å². The van der Waals surface area contributed by atoms with Crippen molar-refractivity contribution >= 4 is 5.97 Å². The summed E-state index contributed by atoms with van der Waals surface area (Å²) in [6.45, 7) is 5.96. The van der Waals surface area contributed by atoms with Crippen molar-refractivity contribution in [3.05, 3.63) is 48.6 Å². The quantitative estimate of drug-likeness (QED) is 0.232. The van der Waals surface area contributed by atoms with Gasteiger partial charge in [0.1, 0.15) is 6.61 Å². The molecular formula is C29H38F2O3. The number of fused-ring (bicyclic) bond motifs is 1. The molecule has 4 rings (SSSR count). The average Bonchev–Trinajstić information content (AvgIpc) is 2.87. The van der Waals surface area contributed by atoms with Gasteiger partial charge in [-0.2, -0.15) is 8.78 Å². The first kappa shape index (κ1) is 24.9. The fourth-order valence-electron chi connectivity index (χ4n) is 6.56. The largest absolute Gasteiger partial charge is 0.486 e. The average molecular weight is 473 g/mol. The molecule has 34 heavy (non-hydrogen) atoms. The fourth-order valence-corrected chi connectivity index (χ4v) is 6.56. The molecule has 0 amide bonds. The minimum Gasteiger partial charge on any atom is -0.486 e. The highest BCUT2D eigenvalue weighted by Crippen LogP contribution is 2.49. The van der Waals surface area contributed by atoms with Crippen molar-refractivity contribution in [2.75, 3.05) is 6.61 Å². The highest BCUT2D eigenvalue weighted by molar-refractivity contribution is 5.75. The molecule has 3 aliphatic carbocycles. The Kier molecular flexibility index (Phi) is 8.44. The van der Waals surface area contributed by atoms with E-state index in [1.54, 1.807) is 12.2 Å². The molecule has 4 unspecified atom stereocenters. The van der Waals surface area contributed by atoms with Gasteiger partial charge in [0.25, 0.3) is 0 Å². The second kappa shape index (κ2) is 11.5. The maximum Gasteiger partial charge on any atom is 0.314 e. The number of hydrogen-bond donors (Lipinski definition) is 0. The van der Waals surface area contributed by atoms with Crippen LogP contribution >= 0.6 is 0 Å². The van der Waals surface area contributed by atoms with Crippen LogP contribution in [0.3, 0.4) is 0 Å². The number of rotatable bonds is 7. The van der Waals surface area contributed by atoms with Crippen molar-refractivity contribution in [3.63, 3.8) is 0 Å². The molecule has 0 saturated heterocycles. The summed E-state index contributed by atoms with van der Waals surface area (Å²) in [7, 11) is 0. The molecule has 0 aromatic heterocycles. The van der Waals surface area contributed by atoms with Gasteiger partial charge in [0.05, 0.1) is 5.92 Å². The van der Waals surface area contributed by atoms with Gasteiger partial charge in [-0.05, 0) is 113 Å². The molecule has 0 bridgehead atoms. The molecule has 1 aromatic carbocycles. The summed E-state index contributed by atoms with van der Waals surface area (Å²) in [5.41, 5.74) is 0. The summed E-state index contributed by atoms with van der Waals surface area (Å²) in [4.78, 5) is 12.7. The predicted molar refractivity (Wildman–Crippen MR) is 130 cm³/mol. The lowest BCUT2D eigenvalue weighted by Crippen LogP contribution is -2.35. The predicted octanol–water partition coefficient (Wildman–Crippen LogP) is 7.65. The lowest BCUT2D eigenvalue weighted by molar-refractivity contribution is -0.140. The molecular weight excluding hydrogens is 434 g/mol. The lowest BCUT2D eigenvalue weighted by atomic mass is 9.61. The third kappa shape index (κ3) is 5.72. The molecule has 5 heteroatoms. The Morgan fingerprint density at radius 3 is 2.21 bits per heavy atom. The third-order valence-electron chi connectivity index (χ3n) is 8.59. The normalized spacial score (nSPS) is 31.6. The molecule has 4 atom stereocenters. The smallest absolute Gasteiger partial charge is 0.314 e. The molecule has 0 N–H and O–H groups in total. The molecule has 1 aromatic rings. The zero-order valence-corrected chi connectivity index (χ0v) is 20.3. The summed E-state index contributed by atoms with van der Waals surface area (Å²) in [6.07, 6.45) is 17.1. The Balaban J connectivity index is 1.26. The molecule has 3 aliphatic rings. The number of benzene rings is 1. The Labute approximate surface area is 202 Å². The number of carbonyl (C=O) groups excluding carboxylic acids is 1. The Morgan fingerprint density at radius 2 is 1.50 bits per heavy atom. The van der Waals surface area contributed by atoms with Crippen LogP contribution in [-0.4, -0.2) is 12.6 Å². The van der Waals surface area contributed by atoms with Crippen LogP contribution in [0, 0.1) is 47.1 Å². The molecule has 186 valence electrons. The van der Waals surface area contributed by atoms with Crippen LogP contribution in [0.2, 0.25) is 0 Å². The summed E-state index contributed by atoms with van der Waals surface area (Å²) in [6, 6.07) is 2.58. The van der Waals surface area contributed by atoms with Gasteiger partial charge in [0.2, 0.25) is 11.6 Å². The van der Waals surface area contributed by atoms with Gasteiger partial charge in [0.15, 0.2) is 11.5 Å². The summed E-state index contributed by atoms with van der Waals surface area (Å²) in [5.74, 6) is 0.313. The molecule has 0 heterocycles. The lowest BCUT2D eigenvalue weighted by Gasteiger charge is -2.45. The zero-order chi connectivity index (χ0) is 24.1. The fraction of sp³-hybridized carbons (Fsp3) is 0.621. The minimum atomic E-state index is -1.18. The van der Waals surface area contributed by atoms with Crippen molar-refractivity contribution in [1.82, 2.24) is 0 Å². The van der Waals surface area contributed by atoms with Crippen molar-refractivity contribution in [2.24, 2.45) is 35.5 Å². The van der Waals surface area contributed by atoms with Gasteiger partial charge in [-0.25, -0.2) is 0 Å². The Hall–Kier alpha value is -2.17. The zero-order valence-electron chi connectivity index (χ0n) is 20.3. The first-order chi connectivity index (χ1) is 16.5. The number of allylic oxidation sites excluding steroid dienone is 2. The monoisotopic (exact) mass is 472 g/mol. The van der Waals surface area contributed by atoms with Crippen molar-refractivity contribution < 1.29 is 23.0 Å². The van der Waals surface area contributed by atoms with Gasteiger partial charge < -0.3 is 9.47 Å². The third-order valence-corrected chi connectivity index (χ3v) is 8.59. The number of ether oxygens (including phenoxy) is 2. The summed E-state index contributed by atoms with van der Waals surface area (Å²) < 4.78 is 39.2. The topological polar surface area (TPSA) is 35.5 Å². The molecule has 0 aliphatic heterocycles. The van der Waals surface area contributed by atoms with Crippen molar-refractivity contribution in [1.29, 1.82) is 0 Å². The molecule has 3 nitrogen and oxygen atoms in total. The second-order valence-electron chi connectivity index (χ2n) is 10.5. The van der Waals surface area contributed by atoms with E-state index in [9.17, 15) is 13.6 Å². The van der Waals surface area contributed by atoms with Crippen LogP contribution in [0.1, 0.15) is 71.1 Å². The molecule has 3 saturated carbocycles. The first-order valence-corrected chi connectivity index (χ1v) is 13.1. The van der Waals surface area contributed by atoms with E-state index < -0.39 is 17.6 Å². The van der Waals surface area contributed by atoms with Crippen LogP contribution in [-0.2, 0) is 4.79 Å². The summed E-state index contributed by atoms with van der Waals surface area (Å²) in [5, 5.41) is 0. The van der Waals surface area contributed by atoms with Crippen LogP contribution < -0.4 is 9.47 Å². The van der Waals surface area contributed by atoms with Gasteiger partial charge in [0, 0.05) is 0 Å². The van der Waals surface area contributed by atoms with E-state index in [-0.39, 0.29) is 24.0 Å². The van der Waals surface area contributed by atoms with E-state index in [2.05, 4.69) is 12.7 Å². The number of carbonyl (C=O) groups is 1. The van der Waals surface area contributed by atoms with Crippen LogP contribution in [0.4, 0.5) is 8.78 Å².